The molecule has 0 radical (unpaired) electrons. The third-order valence-electron chi connectivity index (χ3n) is 2.03. The fourth-order valence-electron chi connectivity index (χ4n) is 1.35. The second kappa shape index (κ2) is 5.62. The molecule has 1 aromatic heterocycles. The molecule has 17 heavy (non-hydrogen) atoms. The average molecular weight is 248 g/mol. The Hall–Kier alpha value is -1.63. The van der Waals surface area contributed by atoms with Crippen LogP contribution in [0, 0.1) is 5.95 Å². The van der Waals surface area contributed by atoms with E-state index >= 15 is 0 Å². The summed E-state index contributed by atoms with van der Waals surface area (Å²) in [5.74, 6) is -2.06. The van der Waals surface area contributed by atoms with Crippen molar-refractivity contribution in [3.63, 3.8) is 0 Å². The maximum absolute atomic E-state index is 13.0. The first-order chi connectivity index (χ1) is 8.01. The molecule has 2 N–H and O–H groups in total. The number of alkyl halides is 2. The Morgan fingerprint density at radius 2 is 2.24 bits per heavy atom. The maximum atomic E-state index is 13.0. The SMILES string of the molecule is CCOC(=O)c1cc(F)nc(C(F)F)c1CN. The standard InChI is InChI=1S/C10H11F3N2O2/c1-2-17-10(16)5-3-7(11)15-8(9(12)13)6(5)4-14/h3,9H,2,4,14H2,1H3. The Balaban J connectivity index is 3.32. The molecule has 1 rings (SSSR count). The van der Waals surface area contributed by atoms with Gasteiger partial charge in [-0.25, -0.2) is 18.6 Å². The van der Waals surface area contributed by atoms with E-state index in [1.807, 2.05) is 0 Å². The van der Waals surface area contributed by atoms with Crippen LogP contribution in [0.15, 0.2) is 6.07 Å². The van der Waals surface area contributed by atoms with Crippen molar-refractivity contribution in [1.29, 1.82) is 0 Å². The first kappa shape index (κ1) is 13.4. The molecule has 1 heterocycles. The van der Waals surface area contributed by atoms with E-state index in [1.165, 1.54) is 0 Å². The number of ether oxygens (including phenoxy) is 1. The highest BCUT2D eigenvalue weighted by Crippen LogP contribution is 2.24. The minimum Gasteiger partial charge on any atom is -0.462 e. The van der Waals surface area contributed by atoms with Gasteiger partial charge in [0.1, 0.15) is 5.69 Å². The summed E-state index contributed by atoms with van der Waals surface area (Å²) in [6.07, 6.45) is -3.00. The number of nitrogens with two attached hydrogens (primary N) is 1. The van der Waals surface area contributed by atoms with Crippen molar-refractivity contribution < 1.29 is 22.7 Å². The number of rotatable bonds is 4. The topological polar surface area (TPSA) is 65.2 Å². The molecule has 0 unspecified atom stereocenters. The molecule has 0 saturated carbocycles. The van der Waals surface area contributed by atoms with E-state index in [9.17, 15) is 18.0 Å². The van der Waals surface area contributed by atoms with E-state index in [0.29, 0.717) is 0 Å². The lowest BCUT2D eigenvalue weighted by Crippen LogP contribution is -2.15. The van der Waals surface area contributed by atoms with Crippen molar-refractivity contribution in [3.8, 4) is 0 Å². The maximum Gasteiger partial charge on any atom is 0.338 e. The van der Waals surface area contributed by atoms with E-state index < -0.39 is 24.0 Å². The van der Waals surface area contributed by atoms with Crippen molar-refractivity contribution in [3.05, 3.63) is 28.8 Å². The Bertz CT molecular complexity index is 424. The zero-order valence-corrected chi connectivity index (χ0v) is 9.04. The number of esters is 1. The molecule has 0 spiro atoms. The first-order valence-corrected chi connectivity index (χ1v) is 4.85. The van der Waals surface area contributed by atoms with Crippen LogP contribution in [-0.2, 0) is 11.3 Å². The van der Waals surface area contributed by atoms with Crippen LogP contribution in [0.4, 0.5) is 13.2 Å². The molecule has 0 amide bonds. The van der Waals surface area contributed by atoms with Crippen LogP contribution in [0.2, 0.25) is 0 Å². The van der Waals surface area contributed by atoms with Crippen molar-refractivity contribution in [1.82, 2.24) is 4.98 Å². The molecule has 0 fully saturated rings. The number of carbonyl (C=O) groups excluding carboxylic acids is 1. The molecule has 0 aliphatic rings. The van der Waals surface area contributed by atoms with E-state index in [-0.39, 0.29) is 24.3 Å². The largest absolute Gasteiger partial charge is 0.462 e. The summed E-state index contributed by atoms with van der Waals surface area (Å²) in [6, 6.07) is 0.742. The molecule has 4 nitrogen and oxygen atoms in total. The minimum absolute atomic E-state index is 0.0524. The van der Waals surface area contributed by atoms with Crippen molar-refractivity contribution in [2.24, 2.45) is 5.73 Å². The average Bonchev–Trinajstić information content (AvgIpc) is 2.28. The van der Waals surface area contributed by atoms with Gasteiger partial charge in [-0.05, 0) is 6.92 Å². The molecule has 7 heteroatoms. The third-order valence-corrected chi connectivity index (χ3v) is 2.03. The summed E-state index contributed by atoms with van der Waals surface area (Å²) < 4.78 is 42.8. The highest BCUT2D eigenvalue weighted by molar-refractivity contribution is 5.91. The lowest BCUT2D eigenvalue weighted by Gasteiger charge is -2.11. The molecule has 1 aromatic rings. The number of hydrogen-bond acceptors (Lipinski definition) is 4. The van der Waals surface area contributed by atoms with Gasteiger partial charge in [-0.15, -0.1) is 0 Å². The van der Waals surface area contributed by atoms with Gasteiger partial charge >= 0.3 is 5.97 Å². The smallest absolute Gasteiger partial charge is 0.338 e. The zero-order valence-electron chi connectivity index (χ0n) is 9.04. The van der Waals surface area contributed by atoms with Gasteiger partial charge in [-0.1, -0.05) is 0 Å². The van der Waals surface area contributed by atoms with E-state index in [0.717, 1.165) is 6.07 Å². The molecule has 0 aliphatic heterocycles. The van der Waals surface area contributed by atoms with Gasteiger partial charge < -0.3 is 10.5 Å². The van der Waals surface area contributed by atoms with Gasteiger partial charge in [-0.2, -0.15) is 4.39 Å². The number of hydrogen-bond donors (Lipinski definition) is 1. The van der Waals surface area contributed by atoms with Crippen LogP contribution in [-0.4, -0.2) is 17.6 Å². The zero-order chi connectivity index (χ0) is 13.0. The van der Waals surface area contributed by atoms with Crippen LogP contribution < -0.4 is 5.73 Å². The van der Waals surface area contributed by atoms with Crippen LogP contribution in [0.25, 0.3) is 0 Å². The quantitative estimate of drug-likeness (QED) is 0.651. The second-order valence-electron chi connectivity index (χ2n) is 3.08. The lowest BCUT2D eigenvalue weighted by atomic mass is 10.1. The van der Waals surface area contributed by atoms with E-state index in [4.69, 9.17) is 5.73 Å². The summed E-state index contributed by atoms with van der Waals surface area (Å²) in [4.78, 5) is 14.5. The Morgan fingerprint density at radius 1 is 1.59 bits per heavy atom. The van der Waals surface area contributed by atoms with Gasteiger partial charge in [-0.3, -0.25) is 0 Å². The third kappa shape index (κ3) is 2.94. The monoisotopic (exact) mass is 248 g/mol. The first-order valence-electron chi connectivity index (χ1n) is 4.85. The van der Waals surface area contributed by atoms with Gasteiger partial charge in [0.05, 0.1) is 12.2 Å². The van der Waals surface area contributed by atoms with Crippen molar-refractivity contribution in [2.75, 3.05) is 6.61 Å². The van der Waals surface area contributed by atoms with Gasteiger partial charge in [0.15, 0.2) is 0 Å². The Morgan fingerprint density at radius 3 is 2.71 bits per heavy atom. The molecular formula is C10H11F3N2O2. The molecule has 0 saturated heterocycles. The summed E-state index contributed by atoms with van der Waals surface area (Å²) in [7, 11) is 0. The van der Waals surface area contributed by atoms with Crippen LogP contribution in [0.3, 0.4) is 0 Å². The predicted octanol–water partition coefficient (Wildman–Crippen LogP) is 1.79. The lowest BCUT2D eigenvalue weighted by molar-refractivity contribution is 0.0523. The highest BCUT2D eigenvalue weighted by atomic mass is 19.3. The number of halogens is 3. The fourth-order valence-corrected chi connectivity index (χ4v) is 1.35. The normalized spacial score (nSPS) is 10.7. The summed E-state index contributed by atoms with van der Waals surface area (Å²) in [5.41, 5.74) is 3.94. The van der Waals surface area contributed by atoms with Gasteiger partial charge in [0.25, 0.3) is 6.43 Å². The summed E-state index contributed by atoms with van der Waals surface area (Å²) in [6.45, 7) is 1.25. The van der Waals surface area contributed by atoms with E-state index in [2.05, 4.69) is 9.72 Å². The molecule has 0 bridgehead atoms. The van der Waals surface area contributed by atoms with E-state index in [1.54, 1.807) is 6.92 Å². The fraction of sp³-hybridized carbons (Fsp3) is 0.400. The van der Waals surface area contributed by atoms with Crippen molar-refractivity contribution >= 4 is 5.97 Å². The summed E-state index contributed by atoms with van der Waals surface area (Å²) in [5, 5.41) is 0. The van der Waals surface area contributed by atoms with Gasteiger partial charge in [0, 0.05) is 18.2 Å². The van der Waals surface area contributed by atoms with Crippen molar-refractivity contribution in [2.45, 2.75) is 19.9 Å². The van der Waals surface area contributed by atoms with Crippen LogP contribution in [0.1, 0.15) is 35.0 Å². The molecule has 94 valence electrons. The van der Waals surface area contributed by atoms with Gasteiger partial charge in [0.2, 0.25) is 5.95 Å². The Labute approximate surface area is 95.6 Å². The number of pyridine rings is 1. The summed E-state index contributed by atoms with van der Waals surface area (Å²) >= 11 is 0. The highest BCUT2D eigenvalue weighted by Gasteiger charge is 2.23. The number of aromatic nitrogens is 1. The predicted molar refractivity (Wildman–Crippen MR) is 53.0 cm³/mol. The minimum atomic E-state index is -3.00. The number of carbonyl (C=O) groups is 1. The second-order valence-corrected chi connectivity index (χ2v) is 3.08. The molecule has 0 atom stereocenters. The Kier molecular flexibility index (Phi) is 4.45. The molecule has 0 aromatic carbocycles. The molecular weight excluding hydrogens is 237 g/mol. The number of nitrogens with zero attached hydrogens (tertiary/aromatic N) is 1. The molecule has 0 aliphatic carbocycles. The van der Waals surface area contributed by atoms with Crippen LogP contribution in [0.5, 0.6) is 0 Å². The van der Waals surface area contributed by atoms with Crippen LogP contribution >= 0.6 is 0 Å².